The summed E-state index contributed by atoms with van der Waals surface area (Å²) in [6.45, 7) is 0.469. The maximum absolute atomic E-state index is 14.1. The van der Waals surface area contributed by atoms with Crippen molar-refractivity contribution in [1.82, 2.24) is 0 Å². The predicted molar refractivity (Wildman–Crippen MR) is 51.6 cm³/mol. The minimum atomic E-state index is -1.45. The quantitative estimate of drug-likeness (QED) is 0.811. The molecule has 1 atom stereocenters. The van der Waals surface area contributed by atoms with Crippen molar-refractivity contribution in [1.29, 1.82) is 0 Å². The van der Waals surface area contributed by atoms with Crippen LogP contribution < -0.4 is 0 Å². The van der Waals surface area contributed by atoms with Crippen molar-refractivity contribution in [2.24, 2.45) is 0 Å². The summed E-state index contributed by atoms with van der Waals surface area (Å²) in [5.41, 5.74) is -0.789. The molecule has 0 aromatic heterocycles. The van der Waals surface area contributed by atoms with Crippen molar-refractivity contribution in [3.8, 4) is 0 Å². The summed E-state index contributed by atoms with van der Waals surface area (Å²) in [6.07, 6.45) is 0.333. The Bertz CT molecular complexity index is 366. The first kappa shape index (κ1) is 10.1. The molecule has 1 fully saturated rings. The molecule has 15 heavy (non-hydrogen) atoms. The third-order valence-corrected chi connectivity index (χ3v) is 2.62. The van der Waals surface area contributed by atoms with E-state index < -0.39 is 11.6 Å². The van der Waals surface area contributed by atoms with Crippen LogP contribution in [0.15, 0.2) is 24.3 Å². The van der Waals surface area contributed by atoms with E-state index in [0.29, 0.717) is 18.6 Å². The lowest BCUT2D eigenvalue weighted by atomic mass is 9.94. The highest BCUT2D eigenvalue weighted by molar-refractivity contribution is 5.87. The van der Waals surface area contributed by atoms with E-state index in [4.69, 9.17) is 9.84 Å². The van der Waals surface area contributed by atoms with E-state index in [1.807, 2.05) is 0 Å². The van der Waals surface area contributed by atoms with Crippen LogP contribution in [0.25, 0.3) is 0 Å². The van der Waals surface area contributed by atoms with Crippen molar-refractivity contribution < 1.29 is 19.0 Å². The normalized spacial score (nSPS) is 25.4. The first-order chi connectivity index (χ1) is 7.12. The van der Waals surface area contributed by atoms with E-state index in [-0.39, 0.29) is 12.2 Å². The van der Waals surface area contributed by atoms with Gasteiger partial charge in [0.15, 0.2) is 5.67 Å². The van der Waals surface area contributed by atoms with Crippen LogP contribution >= 0.6 is 0 Å². The average molecular weight is 210 g/mol. The molecule has 80 valence electrons. The zero-order valence-electron chi connectivity index (χ0n) is 8.07. The van der Waals surface area contributed by atoms with Gasteiger partial charge in [-0.15, -0.1) is 0 Å². The van der Waals surface area contributed by atoms with Crippen LogP contribution in [0, 0.1) is 0 Å². The second-order valence-electron chi connectivity index (χ2n) is 3.65. The fourth-order valence-corrected chi connectivity index (χ4v) is 1.68. The van der Waals surface area contributed by atoms with E-state index in [1.165, 1.54) is 24.3 Å². The highest BCUT2D eigenvalue weighted by atomic mass is 19.1. The number of alkyl halides is 1. The van der Waals surface area contributed by atoms with E-state index in [1.54, 1.807) is 0 Å². The van der Waals surface area contributed by atoms with Crippen molar-refractivity contribution in [2.45, 2.75) is 12.1 Å². The molecule has 0 radical (unpaired) electrons. The smallest absolute Gasteiger partial charge is 0.335 e. The van der Waals surface area contributed by atoms with Crippen molar-refractivity contribution in [3.05, 3.63) is 35.4 Å². The fraction of sp³-hybridized carbons (Fsp3) is 0.364. The van der Waals surface area contributed by atoms with Crippen LogP contribution in [0.1, 0.15) is 22.3 Å². The number of carboxylic acids is 1. The molecule has 1 aliphatic rings. The number of ether oxygens (including phenoxy) is 1. The number of hydrogen-bond acceptors (Lipinski definition) is 2. The molecule has 1 aromatic carbocycles. The average Bonchev–Trinajstić information content (AvgIpc) is 2.67. The van der Waals surface area contributed by atoms with E-state index in [2.05, 4.69) is 0 Å². The van der Waals surface area contributed by atoms with Crippen LogP contribution in [0.5, 0.6) is 0 Å². The molecule has 0 aliphatic carbocycles. The van der Waals surface area contributed by atoms with Gasteiger partial charge in [-0.05, 0) is 17.7 Å². The molecule has 0 bridgehead atoms. The lowest BCUT2D eigenvalue weighted by Crippen LogP contribution is -2.19. The third-order valence-electron chi connectivity index (χ3n) is 2.62. The Kier molecular flexibility index (Phi) is 2.44. The highest BCUT2D eigenvalue weighted by Crippen LogP contribution is 2.34. The summed E-state index contributed by atoms with van der Waals surface area (Å²) in [7, 11) is 0. The van der Waals surface area contributed by atoms with Gasteiger partial charge >= 0.3 is 5.97 Å². The summed E-state index contributed by atoms with van der Waals surface area (Å²) in [5.74, 6) is -1.00. The summed E-state index contributed by atoms with van der Waals surface area (Å²) in [5, 5.41) is 8.69. The second kappa shape index (κ2) is 3.62. The van der Waals surface area contributed by atoms with Crippen molar-refractivity contribution in [3.63, 3.8) is 0 Å². The lowest BCUT2D eigenvalue weighted by Gasteiger charge is -2.17. The Hall–Kier alpha value is -1.42. The van der Waals surface area contributed by atoms with Crippen LogP contribution in [0.2, 0.25) is 0 Å². The molecule has 1 N–H and O–H groups in total. The Morgan fingerprint density at radius 3 is 2.53 bits per heavy atom. The van der Waals surface area contributed by atoms with E-state index in [9.17, 15) is 9.18 Å². The number of benzene rings is 1. The van der Waals surface area contributed by atoms with E-state index >= 15 is 0 Å². The highest BCUT2D eigenvalue weighted by Gasteiger charge is 2.36. The zero-order chi connectivity index (χ0) is 10.9. The zero-order valence-corrected chi connectivity index (χ0v) is 8.07. The number of carboxylic acid groups (broad SMARTS) is 1. The summed E-state index contributed by atoms with van der Waals surface area (Å²) >= 11 is 0. The molecule has 3 nitrogen and oxygen atoms in total. The summed E-state index contributed by atoms with van der Waals surface area (Å²) in [4.78, 5) is 10.6. The van der Waals surface area contributed by atoms with E-state index in [0.717, 1.165) is 0 Å². The molecule has 1 unspecified atom stereocenters. The van der Waals surface area contributed by atoms with Gasteiger partial charge in [-0.25, -0.2) is 9.18 Å². The molecule has 1 aromatic rings. The maximum Gasteiger partial charge on any atom is 0.335 e. The number of rotatable bonds is 2. The van der Waals surface area contributed by atoms with Gasteiger partial charge in [-0.1, -0.05) is 12.1 Å². The molecule has 0 saturated carbocycles. The molecule has 1 heterocycles. The summed E-state index contributed by atoms with van der Waals surface area (Å²) < 4.78 is 19.1. The molecule has 0 spiro atoms. The fourth-order valence-electron chi connectivity index (χ4n) is 1.68. The van der Waals surface area contributed by atoms with Crippen molar-refractivity contribution in [2.75, 3.05) is 13.2 Å². The van der Waals surface area contributed by atoms with Gasteiger partial charge in [0, 0.05) is 6.42 Å². The largest absolute Gasteiger partial charge is 0.478 e. The number of carbonyl (C=O) groups is 1. The van der Waals surface area contributed by atoms with Crippen LogP contribution in [-0.4, -0.2) is 24.3 Å². The standard InChI is InChI=1S/C11H11FO3/c12-11(5-6-15-7-11)9-3-1-8(2-4-9)10(13)14/h1-4H,5-7H2,(H,13,14). The third kappa shape index (κ3) is 1.85. The minimum absolute atomic E-state index is 0.0550. The second-order valence-corrected chi connectivity index (χ2v) is 3.65. The lowest BCUT2D eigenvalue weighted by molar-refractivity contribution is 0.0696. The van der Waals surface area contributed by atoms with Gasteiger partial charge in [-0.2, -0.15) is 0 Å². The molecule has 1 aliphatic heterocycles. The van der Waals surface area contributed by atoms with Gasteiger partial charge in [0.1, 0.15) is 0 Å². The minimum Gasteiger partial charge on any atom is -0.478 e. The van der Waals surface area contributed by atoms with Crippen LogP contribution in [-0.2, 0) is 10.4 Å². The molecule has 0 amide bonds. The number of aromatic carboxylic acids is 1. The number of hydrogen-bond donors (Lipinski definition) is 1. The maximum atomic E-state index is 14.1. The first-order valence-corrected chi connectivity index (χ1v) is 4.72. The van der Waals surface area contributed by atoms with Crippen LogP contribution in [0.3, 0.4) is 0 Å². The molecule has 1 saturated heterocycles. The van der Waals surface area contributed by atoms with Gasteiger partial charge in [0.2, 0.25) is 0 Å². The SMILES string of the molecule is O=C(O)c1ccc(C2(F)CCOC2)cc1. The Morgan fingerprint density at radius 1 is 1.40 bits per heavy atom. The van der Waals surface area contributed by atoms with Gasteiger partial charge < -0.3 is 9.84 Å². The predicted octanol–water partition coefficient (Wildman–Crippen LogP) is 1.97. The molecular formula is C11H11FO3. The molecule has 4 heteroatoms. The Morgan fingerprint density at radius 2 is 2.07 bits per heavy atom. The van der Waals surface area contributed by atoms with Crippen molar-refractivity contribution >= 4 is 5.97 Å². The van der Waals surface area contributed by atoms with Crippen LogP contribution in [0.4, 0.5) is 4.39 Å². The van der Waals surface area contributed by atoms with Gasteiger partial charge in [0.25, 0.3) is 0 Å². The Labute approximate surface area is 86.5 Å². The first-order valence-electron chi connectivity index (χ1n) is 4.72. The molecule has 2 rings (SSSR count). The Balaban J connectivity index is 2.26. The number of halogens is 1. The van der Waals surface area contributed by atoms with Gasteiger partial charge in [0.05, 0.1) is 18.8 Å². The monoisotopic (exact) mass is 210 g/mol. The van der Waals surface area contributed by atoms with Gasteiger partial charge in [-0.3, -0.25) is 0 Å². The summed E-state index contributed by atoms with van der Waals surface area (Å²) in [6, 6.07) is 5.85. The topological polar surface area (TPSA) is 46.5 Å². The molecular weight excluding hydrogens is 199 g/mol.